The Labute approximate surface area is 93.8 Å². The molecule has 1 fully saturated rings. The van der Waals surface area contributed by atoms with Crippen LogP contribution in [0.2, 0.25) is 0 Å². The van der Waals surface area contributed by atoms with Crippen LogP contribution in [-0.4, -0.2) is 11.4 Å². The highest BCUT2D eigenvalue weighted by molar-refractivity contribution is 5.73. The van der Waals surface area contributed by atoms with Crippen LogP contribution in [0.4, 0.5) is 0 Å². The van der Waals surface area contributed by atoms with Gasteiger partial charge in [-0.3, -0.25) is 4.79 Å². The average Bonchev–Trinajstić information content (AvgIpc) is 2.27. The monoisotopic (exact) mass is 211 g/mol. The molecule has 0 unspecified atom stereocenters. The Morgan fingerprint density at radius 1 is 1.20 bits per heavy atom. The number of carbonyl (C=O) groups is 1. The van der Waals surface area contributed by atoms with Crippen LogP contribution in [0.3, 0.4) is 0 Å². The van der Waals surface area contributed by atoms with Gasteiger partial charge in [-0.25, -0.2) is 0 Å². The molecule has 0 spiro atoms. The third-order valence-corrected chi connectivity index (χ3v) is 4.07. The molecule has 1 N–H and O–H groups in total. The Morgan fingerprint density at radius 2 is 1.73 bits per heavy atom. The van der Waals surface area contributed by atoms with Crippen molar-refractivity contribution in [2.75, 3.05) is 0 Å². The molecule has 1 saturated carbocycles. The Balaban J connectivity index is 2.72. The molecule has 15 heavy (non-hydrogen) atoms. The second kappa shape index (κ2) is 5.53. The minimum absolute atomic E-state index is 0.0756. The van der Waals surface area contributed by atoms with E-state index >= 15 is 0 Å². The topological polar surface area (TPSA) is 29.1 Å². The summed E-state index contributed by atoms with van der Waals surface area (Å²) in [5, 5.41) is 3.22. The molecule has 0 aromatic rings. The average molecular weight is 211 g/mol. The van der Waals surface area contributed by atoms with Crippen molar-refractivity contribution in [3.63, 3.8) is 0 Å². The summed E-state index contributed by atoms with van der Waals surface area (Å²) in [4.78, 5) is 11.3. The van der Waals surface area contributed by atoms with E-state index in [4.69, 9.17) is 0 Å². The van der Waals surface area contributed by atoms with Gasteiger partial charge < -0.3 is 5.32 Å². The molecule has 0 radical (unpaired) electrons. The van der Waals surface area contributed by atoms with Crippen LogP contribution in [0, 0.1) is 5.92 Å². The Hall–Kier alpha value is -0.530. The highest BCUT2D eigenvalue weighted by atomic mass is 16.1. The predicted molar refractivity (Wildman–Crippen MR) is 63.7 cm³/mol. The molecule has 1 aliphatic carbocycles. The van der Waals surface area contributed by atoms with E-state index in [0.29, 0.717) is 5.92 Å². The minimum Gasteiger partial charge on any atom is -0.351 e. The van der Waals surface area contributed by atoms with E-state index in [0.717, 1.165) is 12.8 Å². The first-order valence-corrected chi connectivity index (χ1v) is 6.43. The number of amides is 1. The summed E-state index contributed by atoms with van der Waals surface area (Å²) >= 11 is 0. The fourth-order valence-electron chi connectivity index (χ4n) is 3.11. The van der Waals surface area contributed by atoms with Gasteiger partial charge in [0.05, 0.1) is 0 Å². The smallest absolute Gasteiger partial charge is 0.217 e. The highest BCUT2D eigenvalue weighted by Gasteiger charge is 2.36. The van der Waals surface area contributed by atoms with Crippen molar-refractivity contribution in [3.8, 4) is 0 Å². The number of carbonyl (C=O) groups excluding carboxylic acids is 1. The lowest BCUT2D eigenvalue weighted by molar-refractivity contribution is -0.122. The van der Waals surface area contributed by atoms with Crippen LogP contribution < -0.4 is 5.32 Å². The number of nitrogens with one attached hydrogen (secondary N) is 1. The van der Waals surface area contributed by atoms with Crippen molar-refractivity contribution >= 4 is 5.91 Å². The van der Waals surface area contributed by atoms with E-state index in [1.807, 2.05) is 0 Å². The van der Waals surface area contributed by atoms with E-state index in [1.54, 1.807) is 6.92 Å². The van der Waals surface area contributed by atoms with Crippen LogP contribution in [0.1, 0.15) is 65.7 Å². The highest BCUT2D eigenvalue weighted by Crippen LogP contribution is 2.36. The molecule has 0 aromatic heterocycles. The lowest BCUT2D eigenvalue weighted by Crippen LogP contribution is -2.52. The van der Waals surface area contributed by atoms with E-state index in [1.165, 1.54) is 32.1 Å². The minimum atomic E-state index is 0.0756. The van der Waals surface area contributed by atoms with Gasteiger partial charge in [-0.1, -0.05) is 33.1 Å². The van der Waals surface area contributed by atoms with Crippen molar-refractivity contribution in [1.82, 2.24) is 5.32 Å². The standard InChI is InChI=1S/C13H25NO/c1-4-13(5-2,14-11(3)15)12-9-7-6-8-10-12/h12H,4-10H2,1-3H3,(H,14,15). The maximum Gasteiger partial charge on any atom is 0.217 e. The van der Waals surface area contributed by atoms with Crippen LogP contribution in [0.15, 0.2) is 0 Å². The maximum atomic E-state index is 11.3. The van der Waals surface area contributed by atoms with Crippen molar-refractivity contribution in [1.29, 1.82) is 0 Å². The second-order valence-corrected chi connectivity index (χ2v) is 4.88. The zero-order valence-corrected chi connectivity index (χ0v) is 10.4. The molecular formula is C13H25NO. The lowest BCUT2D eigenvalue weighted by Gasteiger charge is -2.42. The molecule has 0 aliphatic heterocycles. The zero-order valence-electron chi connectivity index (χ0n) is 10.4. The third kappa shape index (κ3) is 2.96. The number of hydrogen-bond acceptors (Lipinski definition) is 1. The van der Waals surface area contributed by atoms with Gasteiger partial charge in [0.1, 0.15) is 0 Å². The van der Waals surface area contributed by atoms with Gasteiger partial charge >= 0.3 is 0 Å². The van der Waals surface area contributed by atoms with Crippen molar-refractivity contribution in [3.05, 3.63) is 0 Å². The summed E-state index contributed by atoms with van der Waals surface area (Å²) in [5.41, 5.74) is 0.0756. The van der Waals surface area contributed by atoms with E-state index < -0.39 is 0 Å². The van der Waals surface area contributed by atoms with Gasteiger partial charge in [0, 0.05) is 12.5 Å². The Bertz CT molecular complexity index is 203. The molecule has 0 saturated heterocycles. The van der Waals surface area contributed by atoms with Crippen LogP contribution >= 0.6 is 0 Å². The Morgan fingerprint density at radius 3 is 2.13 bits per heavy atom. The van der Waals surface area contributed by atoms with Gasteiger partial charge in [0.25, 0.3) is 0 Å². The molecule has 1 rings (SSSR count). The molecule has 1 amide bonds. The van der Waals surface area contributed by atoms with E-state index in [9.17, 15) is 4.79 Å². The third-order valence-electron chi connectivity index (χ3n) is 4.07. The van der Waals surface area contributed by atoms with Gasteiger partial charge in [-0.05, 0) is 31.6 Å². The van der Waals surface area contributed by atoms with E-state index in [2.05, 4.69) is 19.2 Å². The summed E-state index contributed by atoms with van der Waals surface area (Å²) < 4.78 is 0. The predicted octanol–water partition coefficient (Wildman–Crippen LogP) is 3.26. The molecule has 0 aromatic carbocycles. The first kappa shape index (κ1) is 12.5. The molecular weight excluding hydrogens is 186 g/mol. The molecule has 0 bridgehead atoms. The largest absolute Gasteiger partial charge is 0.351 e. The SMILES string of the molecule is CCC(CC)(NC(C)=O)C1CCCCC1. The number of hydrogen-bond donors (Lipinski definition) is 1. The molecule has 88 valence electrons. The normalized spacial score (nSPS) is 18.9. The van der Waals surface area contributed by atoms with Crippen molar-refractivity contribution in [2.45, 2.75) is 71.3 Å². The molecule has 1 aliphatic rings. The summed E-state index contributed by atoms with van der Waals surface area (Å²) in [7, 11) is 0. The van der Waals surface area contributed by atoms with Crippen molar-refractivity contribution in [2.24, 2.45) is 5.92 Å². The lowest BCUT2D eigenvalue weighted by atomic mass is 9.71. The van der Waals surface area contributed by atoms with Crippen molar-refractivity contribution < 1.29 is 4.79 Å². The fourth-order valence-corrected chi connectivity index (χ4v) is 3.11. The Kier molecular flexibility index (Phi) is 4.62. The molecule has 0 atom stereocenters. The number of rotatable bonds is 4. The maximum absolute atomic E-state index is 11.3. The van der Waals surface area contributed by atoms with E-state index in [-0.39, 0.29) is 11.4 Å². The quantitative estimate of drug-likeness (QED) is 0.759. The van der Waals surface area contributed by atoms with Gasteiger partial charge in [0.2, 0.25) is 5.91 Å². The van der Waals surface area contributed by atoms with Gasteiger partial charge in [-0.15, -0.1) is 0 Å². The first-order chi connectivity index (χ1) is 7.14. The van der Waals surface area contributed by atoms with Gasteiger partial charge in [-0.2, -0.15) is 0 Å². The summed E-state index contributed by atoms with van der Waals surface area (Å²) in [6.45, 7) is 6.05. The van der Waals surface area contributed by atoms with Crippen LogP contribution in [0.5, 0.6) is 0 Å². The summed E-state index contributed by atoms with van der Waals surface area (Å²) in [6.07, 6.45) is 8.77. The zero-order chi connectivity index (χ0) is 11.3. The van der Waals surface area contributed by atoms with Gasteiger partial charge in [0.15, 0.2) is 0 Å². The molecule has 0 heterocycles. The molecule has 2 heteroatoms. The second-order valence-electron chi connectivity index (χ2n) is 4.88. The van der Waals surface area contributed by atoms with Crippen LogP contribution in [-0.2, 0) is 4.79 Å². The van der Waals surface area contributed by atoms with Crippen LogP contribution in [0.25, 0.3) is 0 Å². The summed E-state index contributed by atoms with van der Waals surface area (Å²) in [5.74, 6) is 0.828. The summed E-state index contributed by atoms with van der Waals surface area (Å²) in [6, 6.07) is 0. The fraction of sp³-hybridized carbons (Fsp3) is 0.923. The first-order valence-electron chi connectivity index (χ1n) is 6.43. The molecule has 2 nitrogen and oxygen atoms in total.